The molecule has 100 valence electrons. The summed E-state index contributed by atoms with van der Waals surface area (Å²) < 4.78 is 14.6. The van der Waals surface area contributed by atoms with Crippen LogP contribution in [-0.2, 0) is 0 Å². The van der Waals surface area contributed by atoms with Gasteiger partial charge >= 0.3 is 0 Å². The van der Waals surface area contributed by atoms with Gasteiger partial charge < -0.3 is 5.32 Å². The second-order valence-electron chi connectivity index (χ2n) is 4.29. The normalized spacial score (nSPS) is 10.6. The van der Waals surface area contributed by atoms with E-state index in [-0.39, 0.29) is 5.82 Å². The van der Waals surface area contributed by atoms with Gasteiger partial charge in [-0.2, -0.15) is 0 Å². The molecule has 0 radical (unpaired) electrons. The van der Waals surface area contributed by atoms with Gasteiger partial charge in [-0.05, 0) is 55.0 Å². The summed E-state index contributed by atoms with van der Waals surface area (Å²) in [4.78, 5) is 8.90. The van der Waals surface area contributed by atoms with Crippen molar-refractivity contribution in [2.75, 3.05) is 11.9 Å². The van der Waals surface area contributed by atoms with Gasteiger partial charge in [-0.1, -0.05) is 12.1 Å². The molecule has 2 aromatic rings. The summed E-state index contributed by atoms with van der Waals surface area (Å²) in [6, 6.07) is 5.07. The number of aromatic nitrogens is 2. The quantitative estimate of drug-likeness (QED) is 0.831. The van der Waals surface area contributed by atoms with Crippen LogP contribution in [0.15, 0.2) is 18.2 Å². The standard InChI is InChI=1S/C14H15FIN3/c1-4-17-14-12(16)9(3)18-13(19-14)10-6-5-8(2)11(15)7-10/h5-7H,4H2,1-3H3,(H,17,18,19). The molecule has 1 N–H and O–H groups in total. The van der Waals surface area contributed by atoms with Crippen LogP contribution in [0, 0.1) is 23.2 Å². The maximum Gasteiger partial charge on any atom is 0.161 e. The fourth-order valence-electron chi connectivity index (χ4n) is 1.70. The minimum atomic E-state index is -0.234. The molecule has 2 rings (SSSR count). The lowest BCUT2D eigenvalue weighted by Crippen LogP contribution is -2.06. The number of anilines is 1. The Kier molecular flexibility index (Phi) is 4.34. The Morgan fingerprint density at radius 2 is 2.00 bits per heavy atom. The Morgan fingerprint density at radius 1 is 1.26 bits per heavy atom. The molecule has 19 heavy (non-hydrogen) atoms. The Morgan fingerprint density at radius 3 is 2.63 bits per heavy atom. The van der Waals surface area contributed by atoms with E-state index in [9.17, 15) is 4.39 Å². The van der Waals surface area contributed by atoms with Crippen molar-refractivity contribution in [1.82, 2.24) is 9.97 Å². The zero-order valence-electron chi connectivity index (χ0n) is 11.1. The van der Waals surface area contributed by atoms with Gasteiger partial charge in [0, 0.05) is 12.1 Å². The molecule has 0 unspecified atom stereocenters. The van der Waals surface area contributed by atoms with Crippen LogP contribution in [0.5, 0.6) is 0 Å². The van der Waals surface area contributed by atoms with E-state index in [0.29, 0.717) is 17.0 Å². The Hall–Kier alpha value is -1.24. The average Bonchev–Trinajstić information content (AvgIpc) is 2.38. The molecule has 0 bridgehead atoms. The smallest absolute Gasteiger partial charge is 0.161 e. The molecule has 0 fully saturated rings. The molecule has 5 heteroatoms. The van der Waals surface area contributed by atoms with Gasteiger partial charge in [0.15, 0.2) is 5.82 Å². The summed E-state index contributed by atoms with van der Waals surface area (Å²) in [6.07, 6.45) is 0. The first-order valence-corrected chi connectivity index (χ1v) is 7.15. The fraction of sp³-hybridized carbons (Fsp3) is 0.286. The van der Waals surface area contributed by atoms with E-state index >= 15 is 0 Å². The first kappa shape index (κ1) is 14.2. The van der Waals surface area contributed by atoms with E-state index in [4.69, 9.17) is 0 Å². The number of aryl methyl sites for hydroxylation is 2. The highest BCUT2D eigenvalue weighted by atomic mass is 127. The Balaban J connectivity index is 2.52. The van der Waals surface area contributed by atoms with Crippen molar-refractivity contribution >= 4 is 28.4 Å². The molecule has 0 aliphatic heterocycles. The molecule has 3 nitrogen and oxygen atoms in total. The van der Waals surface area contributed by atoms with Crippen LogP contribution in [0.2, 0.25) is 0 Å². The van der Waals surface area contributed by atoms with Gasteiger partial charge in [-0.15, -0.1) is 0 Å². The lowest BCUT2D eigenvalue weighted by molar-refractivity contribution is 0.619. The first-order chi connectivity index (χ1) is 9.02. The molecule has 0 aliphatic carbocycles. The minimum Gasteiger partial charge on any atom is -0.369 e. The van der Waals surface area contributed by atoms with Gasteiger partial charge in [-0.25, -0.2) is 14.4 Å². The second kappa shape index (κ2) is 5.81. The highest BCUT2D eigenvalue weighted by molar-refractivity contribution is 14.1. The van der Waals surface area contributed by atoms with E-state index in [1.165, 1.54) is 6.07 Å². The van der Waals surface area contributed by atoms with E-state index in [2.05, 4.69) is 37.9 Å². The number of nitrogens with zero attached hydrogens (tertiary/aromatic N) is 2. The lowest BCUT2D eigenvalue weighted by atomic mass is 10.1. The Bertz CT molecular complexity index is 614. The van der Waals surface area contributed by atoms with Gasteiger partial charge in [0.2, 0.25) is 0 Å². The highest BCUT2D eigenvalue weighted by Crippen LogP contribution is 2.24. The summed E-state index contributed by atoms with van der Waals surface area (Å²) in [5.41, 5.74) is 2.21. The highest BCUT2D eigenvalue weighted by Gasteiger charge is 2.11. The first-order valence-electron chi connectivity index (χ1n) is 6.07. The number of benzene rings is 1. The van der Waals surface area contributed by atoms with Crippen molar-refractivity contribution < 1.29 is 4.39 Å². The van der Waals surface area contributed by atoms with Crippen LogP contribution in [0.25, 0.3) is 11.4 Å². The van der Waals surface area contributed by atoms with Crippen LogP contribution in [-0.4, -0.2) is 16.5 Å². The van der Waals surface area contributed by atoms with Gasteiger partial charge in [-0.3, -0.25) is 0 Å². The molecule has 1 heterocycles. The van der Waals surface area contributed by atoms with Crippen molar-refractivity contribution in [2.24, 2.45) is 0 Å². The molecule has 1 aromatic carbocycles. The molecule has 0 amide bonds. The number of rotatable bonds is 3. The third kappa shape index (κ3) is 3.02. The van der Waals surface area contributed by atoms with Gasteiger partial charge in [0.05, 0.1) is 9.26 Å². The summed E-state index contributed by atoms with van der Waals surface area (Å²) in [5.74, 6) is 1.11. The van der Waals surface area contributed by atoms with E-state index in [1.54, 1.807) is 13.0 Å². The predicted octanol–water partition coefficient (Wildman–Crippen LogP) is 3.94. The van der Waals surface area contributed by atoms with Crippen LogP contribution >= 0.6 is 22.6 Å². The van der Waals surface area contributed by atoms with Gasteiger partial charge in [0.1, 0.15) is 11.6 Å². The molecular formula is C14H15FIN3. The van der Waals surface area contributed by atoms with Crippen molar-refractivity contribution in [3.8, 4) is 11.4 Å². The molecule has 0 atom stereocenters. The third-order valence-electron chi connectivity index (χ3n) is 2.79. The summed E-state index contributed by atoms with van der Waals surface area (Å²) in [7, 11) is 0. The predicted molar refractivity (Wildman–Crippen MR) is 83.8 cm³/mol. The third-order valence-corrected chi connectivity index (χ3v) is 4.08. The number of nitrogens with one attached hydrogen (secondary N) is 1. The molecule has 1 aromatic heterocycles. The van der Waals surface area contributed by atoms with Gasteiger partial charge in [0.25, 0.3) is 0 Å². The van der Waals surface area contributed by atoms with Crippen LogP contribution < -0.4 is 5.32 Å². The SMILES string of the molecule is CCNc1nc(-c2ccc(C)c(F)c2)nc(C)c1I. The maximum absolute atomic E-state index is 13.6. The monoisotopic (exact) mass is 371 g/mol. The average molecular weight is 371 g/mol. The Labute approximate surface area is 125 Å². The van der Waals surface area contributed by atoms with Crippen LogP contribution in [0.3, 0.4) is 0 Å². The van der Waals surface area contributed by atoms with Crippen molar-refractivity contribution in [3.05, 3.63) is 38.8 Å². The zero-order chi connectivity index (χ0) is 14.0. The molecule has 0 saturated carbocycles. The number of hydrogen-bond donors (Lipinski definition) is 1. The number of halogens is 2. The largest absolute Gasteiger partial charge is 0.369 e. The molecule has 0 saturated heterocycles. The molecule has 0 aliphatic rings. The minimum absolute atomic E-state index is 0.234. The lowest BCUT2D eigenvalue weighted by Gasteiger charge is -2.10. The van der Waals surface area contributed by atoms with Crippen molar-refractivity contribution in [1.29, 1.82) is 0 Å². The van der Waals surface area contributed by atoms with Crippen LogP contribution in [0.4, 0.5) is 10.2 Å². The molecular weight excluding hydrogens is 356 g/mol. The summed E-state index contributed by atoms with van der Waals surface area (Å²) >= 11 is 2.21. The van der Waals surface area contributed by atoms with E-state index in [1.807, 2.05) is 19.9 Å². The summed E-state index contributed by atoms with van der Waals surface area (Å²) in [5, 5.41) is 3.20. The van der Waals surface area contributed by atoms with Crippen LogP contribution in [0.1, 0.15) is 18.2 Å². The topological polar surface area (TPSA) is 37.8 Å². The van der Waals surface area contributed by atoms with Crippen molar-refractivity contribution in [3.63, 3.8) is 0 Å². The second-order valence-corrected chi connectivity index (χ2v) is 5.37. The zero-order valence-corrected chi connectivity index (χ0v) is 13.2. The summed E-state index contributed by atoms with van der Waals surface area (Å²) in [6.45, 7) is 6.47. The van der Waals surface area contributed by atoms with E-state index < -0.39 is 0 Å². The molecule has 0 spiro atoms. The maximum atomic E-state index is 13.6. The number of hydrogen-bond acceptors (Lipinski definition) is 3. The fourth-order valence-corrected chi connectivity index (χ4v) is 2.14. The van der Waals surface area contributed by atoms with Crippen molar-refractivity contribution in [2.45, 2.75) is 20.8 Å². The van der Waals surface area contributed by atoms with E-state index in [0.717, 1.165) is 21.6 Å².